The lowest BCUT2D eigenvalue weighted by atomic mass is 10.2. The summed E-state index contributed by atoms with van der Waals surface area (Å²) in [4.78, 5) is 24.7. The van der Waals surface area contributed by atoms with Crippen LogP contribution in [-0.2, 0) is 6.54 Å². The van der Waals surface area contributed by atoms with Crippen LogP contribution in [0.25, 0.3) is 0 Å². The maximum Gasteiger partial charge on any atom is 0.257 e. The van der Waals surface area contributed by atoms with Gasteiger partial charge in [-0.15, -0.1) is 0 Å². The molecule has 3 aromatic rings. The Balaban J connectivity index is 1.89. The summed E-state index contributed by atoms with van der Waals surface area (Å²) in [5, 5.41) is 2.95. The predicted molar refractivity (Wildman–Crippen MR) is 102 cm³/mol. The van der Waals surface area contributed by atoms with Crippen LogP contribution in [-0.4, -0.2) is 17.6 Å². The predicted octanol–water partition coefficient (Wildman–Crippen LogP) is 3.95. The minimum absolute atomic E-state index is 0.0832. The number of carbonyl (C=O) groups is 1. The van der Waals surface area contributed by atoms with E-state index in [0.29, 0.717) is 11.4 Å². The molecule has 0 saturated carbocycles. The van der Waals surface area contributed by atoms with E-state index in [4.69, 9.17) is 16.3 Å². The van der Waals surface area contributed by atoms with Gasteiger partial charge in [-0.25, -0.2) is 4.39 Å². The fraction of sp³-hybridized carbons (Fsp3) is 0.100. The Bertz CT molecular complexity index is 1030. The lowest BCUT2D eigenvalue weighted by Crippen LogP contribution is -2.23. The SMILES string of the molecule is COc1ccccc1NC(=O)c1ccc(=O)n(Cc2c(F)cccc2Cl)c1. The number of hydrogen-bond donors (Lipinski definition) is 1. The first-order valence-electron chi connectivity index (χ1n) is 8.07. The highest BCUT2D eigenvalue weighted by Gasteiger charge is 2.13. The third kappa shape index (κ3) is 4.17. The van der Waals surface area contributed by atoms with Crippen molar-refractivity contribution in [2.24, 2.45) is 0 Å². The molecule has 1 aromatic heterocycles. The first-order valence-corrected chi connectivity index (χ1v) is 8.45. The van der Waals surface area contributed by atoms with Gasteiger partial charge in [0.15, 0.2) is 0 Å². The molecule has 0 atom stereocenters. The molecule has 0 unspecified atom stereocenters. The zero-order chi connectivity index (χ0) is 19.4. The van der Waals surface area contributed by atoms with Crippen LogP contribution in [0.1, 0.15) is 15.9 Å². The third-order valence-electron chi connectivity index (χ3n) is 3.99. The molecule has 7 heteroatoms. The number of nitrogens with one attached hydrogen (secondary N) is 1. The van der Waals surface area contributed by atoms with Crippen LogP contribution >= 0.6 is 11.6 Å². The standard InChI is InChI=1S/C20H16ClFN2O3/c1-27-18-8-3-2-7-17(18)23-20(26)13-9-10-19(25)24(11-13)12-14-15(21)5-4-6-16(14)22/h2-11H,12H2,1H3,(H,23,26). The van der Waals surface area contributed by atoms with E-state index in [9.17, 15) is 14.0 Å². The molecular formula is C20H16ClFN2O3. The molecule has 1 amide bonds. The van der Waals surface area contributed by atoms with Crippen molar-refractivity contribution in [2.75, 3.05) is 12.4 Å². The number of hydrogen-bond acceptors (Lipinski definition) is 3. The normalized spacial score (nSPS) is 10.5. The molecule has 0 spiro atoms. The van der Waals surface area contributed by atoms with Crippen molar-refractivity contribution in [3.8, 4) is 5.75 Å². The molecule has 3 rings (SSSR count). The quantitative estimate of drug-likeness (QED) is 0.722. The maximum absolute atomic E-state index is 14.0. The van der Waals surface area contributed by atoms with Crippen molar-refractivity contribution >= 4 is 23.2 Å². The minimum Gasteiger partial charge on any atom is -0.495 e. The molecule has 27 heavy (non-hydrogen) atoms. The summed E-state index contributed by atoms with van der Waals surface area (Å²) < 4.78 is 20.4. The zero-order valence-corrected chi connectivity index (χ0v) is 15.2. The number of rotatable bonds is 5. The largest absolute Gasteiger partial charge is 0.495 e. The Morgan fingerprint density at radius 2 is 1.93 bits per heavy atom. The van der Waals surface area contributed by atoms with Crippen LogP contribution in [0.15, 0.2) is 65.6 Å². The van der Waals surface area contributed by atoms with E-state index in [1.54, 1.807) is 30.3 Å². The second-order valence-corrected chi connectivity index (χ2v) is 6.15. The molecule has 0 aliphatic rings. The monoisotopic (exact) mass is 386 g/mol. The number of pyridine rings is 1. The Morgan fingerprint density at radius 1 is 1.15 bits per heavy atom. The lowest BCUT2D eigenvalue weighted by molar-refractivity contribution is 0.102. The first kappa shape index (κ1) is 18.7. The van der Waals surface area contributed by atoms with Crippen LogP contribution in [0, 0.1) is 5.82 Å². The van der Waals surface area contributed by atoms with E-state index < -0.39 is 11.7 Å². The summed E-state index contributed by atoms with van der Waals surface area (Å²) in [6, 6.07) is 13.9. The van der Waals surface area contributed by atoms with Gasteiger partial charge in [0.2, 0.25) is 0 Å². The highest BCUT2D eigenvalue weighted by Crippen LogP contribution is 2.24. The summed E-state index contributed by atoms with van der Waals surface area (Å²) in [6.07, 6.45) is 1.37. The molecule has 0 radical (unpaired) electrons. The molecule has 1 heterocycles. The van der Waals surface area contributed by atoms with Gasteiger partial charge in [-0.1, -0.05) is 29.8 Å². The van der Waals surface area contributed by atoms with E-state index in [0.717, 1.165) is 0 Å². The van der Waals surface area contributed by atoms with Gasteiger partial charge < -0.3 is 14.6 Å². The Hall–Kier alpha value is -3.12. The Morgan fingerprint density at radius 3 is 2.67 bits per heavy atom. The highest BCUT2D eigenvalue weighted by molar-refractivity contribution is 6.31. The van der Waals surface area contributed by atoms with Crippen molar-refractivity contribution < 1.29 is 13.9 Å². The van der Waals surface area contributed by atoms with Crippen molar-refractivity contribution in [1.82, 2.24) is 4.57 Å². The van der Waals surface area contributed by atoms with Gasteiger partial charge in [-0.05, 0) is 30.3 Å². The zero-order valence-electron chi connectivity index (χ0n) is 14.4. The Labute approximate surface area is 160 Å². The van der Waals surface area contributed by atoms with Crippen LogP contribution in [0.2, 0.25) is 5.02 Å². The summed E-state index contributed by atoms with van der Waals surface area (Å²) in [5.41, 5.74) is 0.555. The smallest absolute Gasteiger partial charge is 0.257 e. The number of nitrogens with zero attached hydrogens (tertiary/aromatic N) is 1. The number of aromatic nitrogens is 1. The van der Waals surface area contributed by atoms with E-state index in [1.807, 2.05) is 0 Å². The van der Waals surface area contributed by atoms with Crippen molar-refractivity contribution in [2.45, 2.75) is 6.54 Å². The fourth-order valence-corrected chi connectivity index (χ4v) is 2.81. The molecule has 0 aliphatic heterocycles. The average Bonchev–Trinajstić information content (AvgIpc) is 2.66. The van der Waals surface area contributed by atoms with Gasteiger partial charge in [0.05, 0.1) is 24.9 Å². The van der Waals surface area contributed by atoms with Gasteiger partial charge in [0, 0.05) is 22.8 Å². The molecule has 138 valence electrons. The number of carbonyl (C=O) groups excluding carboxylic acids is 1. The average molecular weight is 387 g/mol. The van der Waals surface area contributed by atoms with E-state index >= 15 is 0 Å². The molecule has 0 aliphatic carbocycles. The third-order valence-corrected chi connectivity index (χ3v) is 4.35. The van der Waals surface area contributed by atoms with Crippen molar-refractivity contribution in [3.63, 3.8) is 0 Å². The molecule has 2 aromatic carbocycles. The summed E-state index contributed by atoms with van der Waals surface area (Å²) >= 11 is 6.03. The molecule has 0 saturated heterocycles. The molecule has 5 nitrogen and oxygen atoms in total. The van der Waals surface area contributed by atoms with Gasteiger partial charge in [-0.3, -0.25) is 9.59 Å². The number of anilines is 1. The van der Waals surface area contributed by atoms with E-state index in [1.165, 1.54) is 42.1 Å². The summed E-state index contributed by atoms with van der Waals surface area (Å²) in [6.45, 7) is -0.0832. The van der Waals surface area contributed by atoms with Gasteiger partial charge in [0.1, 0.15) is 11.6 Å². The van der Waals surface area contributed by atoms with Gasteiger partial charge in [-0.2, -0.15) is 0 Å². The van der Waals surface area contributed by atoms with Gasteiger partial charge in [0.25, 0.3) is 11.5 Å². The lowest BCUT2D eigenvalue weighted by Gasteiger charge is -2.12. The van der Waals surface area contributed by atoms with E-state index in [-0.39, 0.29) is 28.3 Å². The summed E-state index contributed by atoms with van der Waals surface area (Å²) in [7, 11) is 1.50. The Kier molecular flexibility index (Phi) is 5.57. The number of para-hydroxylation sites is 2. The van der Waals surface area contributed by atoms with E-state index in [2.05, 4.69) is 5.32 Å². The topological polar surface area (TPSA) is 60.3 Å². The molecular weight excluding hydrogens is 371 g/mol. The van der Waals surface area contributed by atoms with Gasteiger partial charge >= 0.3 is 0 Å². The van der Waals surface area contributed by atoms with Crippen LogP contribution in [0.5, 0.6) is 5.75 Å². The second kappa shape index (κ2) is 8.05. The highest BCUT2D eigenvalue weighted by atomic mass is 35.5. The fourth-order valence-electron chi connectivity index (χ4n) is 2.59. The molecule has 0 fully saturated rings. The number of benzene rings is 2. The molecule has 0 bridgehead atoms. The molecule has 1 N–H and O–H groups in total. The van der Waals surface area contributed by atoms with Crippen LogP contribution < -0.4 is 15.6 Å². The van der Waals surface area contributed by atoms with Crippen LogP contribution in [0.4, 0.5) is 10.1 Å². The second-order valence-electron chi connectivity index (χ2n) is 5.74. The van der Waals surface area contributed by atoms with Crippen molar-refractivity contribution in [3.05, 3.63) is 93.1 Å². The van der Waals surface area contributed by atoms with Crippen molar-refractivity contribution in [1.29, 1.82) is 0 Å². The maximum atomic E-state index is 14.0. The number of methoxy groups -OCH3 is 1. The number of amides is 1. The number of halogens is 2. The number of ether oxygens (including phenoxy) is 1. The summed E-state index contributed by atoms with van der Waals surface area (Å²) in [5.74, 6) is -0.427. The minimum atomic E-state index is -0.515. The van der Waals surface area contributed by atoms with Crippen LogP contribution in [0.3, 0.4) is 0 Å². The first-order chi connectivity index (χ1) is 13.0.